The van der Waals surface area contributed by atoms with Crippen LogP contribution in [0.4, 0.5) is 0 Å². The third kappa shape index (κ3) is 9.90. The molecule has 10 aromatic rings. The number of rotatable bonds is 0. The zero-order valence-corrected chi connectivity index (χ0v) is 44.4. The fourth-order valence-electron chi connectivity index (χ4n) is 9.43. The van der Waals surface area contributed by atoms with Crippen molar-refractivity contribution in [3.05, 3.63) is 265 Å². The van der Waals surface area contributed by atoms with Crippen molar-refractivity contribution in [2.45, 2.75) is 21.3 Å². The van der Waals surface area contributed by atoms with Gasteiger partial charge in [-0.25, -0.2) is 0 Å². The van der Waals surface area contributed by atoms with Crippen molar-refractivity contribution >= 4 is 52.5 Å². The van der Waals surface area contributed by atoms with E-state index >= 15 is 0 Å². The summed E-state index contributed by atoms with van der Waals surface area (Å²) in [5.41, 5.74) is 26.3. The van der Waals surface area contributed by atoms with Crippen LogP contribution < -0.4 is 0 Å². The van der Waals surface area contributed by atoms with Gasteiger partial charge >= 0.3 is 428 Å². The monoisotopic (exact) mass is 1140 g/mol. The summed E-state index contributed by atoms with van der Waals surface area (Å²) in [5, 5.41) is 4.57. The number of benzene rings is 10. The molecule has 0 unspecified atom stereocenters. The average molecular weight is 1130 g/mol. The Bertz CT molecular complexity index is 3130. The molecular weight excluding hydrogens is 1080 g/mol. The van der Waals surface area contributed by atoms with Gasteiger partial charge in [-0.3, -0.25) is 0 Å². The third-order valence-corrected chi connectivity index (χ3v) is 26.0. The minimum absolute atomic E-state index is 0.523. The van der Waals surface area contributed by atoms with Gasteiger partial charge in [0.1, 0.15) is 0 Å². The van der Waals surface area contributed by atoms with E-state index in [4.69, 9.17) is 0 Å². The maximum absolute atomic E-state index is 2.40. The van der Waals surface area contributed by atoms with Gasteiger partial charge < -0.3 is 0 Å². The molecule has 0 fully saturated rings. The molecule has 4 aliphatic heterocycles. The summed E-state index contributed by atoms with van der Waals surface area (Å²) in [6, 6.07) is 91.4. The topological polar surface area (TPSA) is 0 Å². The molecule has 0 saturated carbocycles. The number of hydrogen-bond donors (Lipinski definition) is 0. The van der Waals surface area contributed by atoms with E-state index in [-0.39, 0.29) is 0 Å². The van der Waals surface area contributed by atoms with Crippen molar-refractivity contribution in [1.82, 2.24) is 0 Å². The van der Waals surface area contributed by atoms with Gasteiger partial charge in [-0.1, -0.05) is 0 Å². The third-order valence-electron chi connectivity index (χ3n) is 12.9. The van der Waals surface area contributed by atoms with E-state index in [1.807, 2.05) is 0 Å². The Hall–Kier alpha value is -5.72. The first-order valence-electron chi connectivity index (χ1n) is 23.2. The molecule has 4 heteroatoms. The Balaban J connectivity index is 0.945. The van der Waals surface area contributed by atoms with Crippen LogP contribution in [0, 0.1) is 0 Å². The predicted molar refractivity (Wildman–Crippen MR) is 294 cm³/mol. The van der Waals surface area contributed by atoms with Crippen LogP contribution in [0.15, 0.2) is 243 Å². The van der Waals surface area contributed by atoms with E-state index in [1.165, 1.54) is 111 Å². The predicted octanol–water partition coefficient (Wildman–Crippen LogP) is 15.4. The van der Waals surface area contributed by atoms with Gasteiger partial charge in [-0.15, -0.1) is 0 Å². The first kappa shape index (κ1) is 44.8. The molecule has 0 aromatic heterocycles. The van der Waals surface area contributed by atoms with Crippen LogP contribution in [0.2, 0.25) is 0 Å². The Morgan fingerprint density at radius 2 is 0.456 bits per heavy atom. The summed E-state index contributed by atoms with van der Waals surface area (Å²) in [4.78, 5) is 0. The molecular formula is C64H48Se4. The van der Waals surface area contributed by atoms with Gasteiger partial charge in [0.2, 0.25) is 0 Å². The second kappa shape index (κ2) is 21.3. The van der Waals surface area contributed by atoms with Crippen molar-refractivity contribution in [2.75, 3.05) is 0 Å². The van der Waals surface area contributed by atoms with Crippen LogP contribution in [-0.4, -0.2) is 52.5 Å². The molecule has 0 N–H and O–H groups in total. The summed E-state index contributed by atoms with van der Waals surface area (Å²) in [5.74, 6) is 0. The molecule has 4 heterocycles. The van der Waals surface area contributed by atoms with E-state index in [2.05, 4.69) is 243 Å². The van der Waals surface area contributed by atoms with Crippen molar-refractivity contribution in [3.8, 4) is 89.0 Å². The molecule has 0 amide bonds. The summed E-state index contributed by atoms with van der Waals surface area (Å²) < 4.78 is 0. The Kier molecular flexibility index (Phi) is 14.0. The summed E-state index contributed by atoms with van der Waals surface area (Å²) in [6.45, 7) is 0. The van der Waals surface area contributed by atoms with Crippen LogP contribution in [0.1, 0.15) is 22.3 Å². The normalized spacial score (nSPS) is 12.8. The van der Waals surface area contributed by atoms with Gasteiger partial charge in [0.25, 0.3) is 0 Å². The van der Waals surface area contributed by atoms with E-state index < -0.39 is 0 Å². The molecule has 0 spiro atoms. The first-order valence-corrected chi connectivity index (χ1v) is 36.7. The van der Waals surface area contributed by atoms with Crippen LogP contribution >= 0.6 is 0 Å². The molecule has 328 valence electrons. The average Bonchev–Trinajstić information content (AvgIpc) is 3.41. The molecule has 4 aliphatic rings. The van der Waals surface area contributed by atoms with Gasteiger partial charge in [-0.05, 0) is 0 Å². The fraction of sp³-hybridized carbons (Fsp3) is 0.0625. The molecule has 0 radical (unpaired) electrons. The standard InChI is InChI=1S/C64H48Se4/c1-3-27-61-53(15-1)43-67-65-41-45-31-35-47(36-32-45)56-22-6-8-24-58(56)50-18-14-20-52(40-50)60-26-10-12-30-64(60)62-28-4-2-16-54(62)44-68-66-42-46-33-37-48(38-34-46)55-21-5-7-23-57(55)49-17-13-19-51(39-49)59-25-9-11-29-63(59)61/h1-40H,41-44H2. The minimum atomic E-state index is 0.523. The molecule has 14 rings (SSSR count). The molecule has 0 atom stereocenters. The molecule has 10 aromatic carbocycles. The molecule has 8 bridgehead atoms. The van der Waals surface area contributed by atoms with Crippen LogP contribution in [-0.2, 0) is 21.3 Å². The Labute approximate surface area is 424 Å². The quantitative estimate of drug-likeness (QED) is 0.133. The second-order valence-electron chi connectivity index (χ2n) is 17.1. The maximum atomic E-state index is 2.40. The van der Waals surface area contributed by atoms with Gasteiger partial charge in [0, 0.05) is 0 Å². The van der Waals surface area contributed by atoms with Crippen molar-refractivity contribution in [2.24, 2.45) is 0 Å². The van der Waals surface area contributed by atoms with E-state index in [0.29, 0.717) is 52.5 Å². The van der Waals surface area contributed by atoms with Gasteiger partial charge in [-0.2, -0.15) is 0 Å². The first-order chi connectivity index (χ1) is 33.7. The zero-order valence-electron chi connectivity index (χ0n) is 37.6. The fourth-order valence-corrected chi connectivity index (χ4v) is 22.5. The van der Waals surface area contributed by atoms with E-state index in [1.54, 1.807) is 0 Å². The number of hydrogen-bond acceptors (Lipinski definition) is 0. The van der Waals surface area contributed by atoms with Crippen LogP contribution in [0.5, 0.6) is 0 Å². The molecule has 68 heavy (non-hydrogen) atoms. The summed E-state index contributed by atoms with van der Waals surface area (Å²) in [6.07, 6.45) is 0. The summed E-state index contributed by atoms with van der Waals surface area (Å²) >= 11 is 2.12. The Morgan fingerprint density at radius 1 is 0.191 bits per heavy atom. The molecule has 0 nitrogen and oxygen atoms in total. The second-order valence-corrected chi connectivity index (χ2v) is 31.8. The summed E-state index contributed by atoms with van der Waals surface area (Å²) in [7, 11) is 0. The van der Waals surface area contributed by atoms with Gasteiger partial charge in [0.05, 0.1) is 0 Å². The van der Waals surface area contributed by atoms with Crippen molar-refractivity contribution in [3.63, 3.8) is 0 Å². The van der Waals surface area contributed by atoms with Crippen molar-refractivity contribution < 1.29 is 0 Å². The van der Waals surface area contributed by atoms with Crippen LogP contribution in [0.3, 0.4) is 0 Å². The van der Waals surface area contributed by atoms with Crippen LogP contribution in [0.25, 0.3) is 89.0 Å². The Morgan fingerprint density at radius 3 is 0.809 bits per heavy atom. The zero-order chi connectivity index (χ0) is 45.5. The SMILES string of the molecule is c1cc2cc(c1)-c1ccccc1-c1ccccc1C[Se][Se]Cc1ccc(cc1)-c1ccccc1-c1cccc(c1)-c1ccccc1-c1ccccc1C[Se][Se]Cc1ccc(cc1)-c1ccccc1-2. The van der Waals surface area contributed by atoms with Gasteiger partial charge in [0.15, 0.2) is 0 Å². The molecule has 0 aliphatic carbocycles. The van der Waals surface area contributed by atoms with Crippen molar-refractivity contribution in [1.29, 1.82) is 0 Å². The van der Waals surface area contributed by atoms with E-state index in [9.17, 15) is 0 Å². The van der Waals surface area contributed by atoms with E-state index in [0.717, 1.165) is 21.3 Å². The molecule has 0 saturated heterocycles.